The standard InChI is InChI=1S/C27H39N5/c1-7-19(3)20(4)22(8-2)18-28-17-21-13-15-23(16-14-21)29-27-30-25-12-10-9-11-24(25)26(31-27)32(5)6/h7-12,21,23,28H,1,13-18H2,2-6H3,(H,29,30,31)/b20-19-,22-8-. The van der Waals surface area contributed by atoms with Gasteiger partial charge in [-0.25, -0.2) is 4.98 Å². The van der Waals surface area contributed by atoms with Crippen LogP contribution in [0.25, 0.3) is 10.9 Å². The van der Waals surface area contributed by atoms with Crippen LogP contribution in [0.3, 0.4) is 0 Å². The number of anilines is 2. The zero-order valence-corrected chi connectivity index (χ0v) is 20.4. The van der Waals surface area contributed by atoms with Gasteiger partial charge in [0.15, 0.2) is 0 Å². The van der Waals surface area contributed by atoms with E-state index in [1.165, 1.54) is 29.6 Å². The molecule has 5 heteroatoms. The van der Waals surface area contributed by atoms with Crippen molar-refractivity contribution in [1.82, 2.24) is 15.3 Å². The minimum atomic E-state index is 0.439. The number of benzene rings is 1. The number of hydrogen-bond donors (Lipinski definition) is 2. The van der Waals surface area contributed by atoms with E-state index < -0.39 is 0 Å². The Morgan fingerprint density at radius 3 is 2.50 bits per heavy atom. The van der Waals surface area contributed by atoms with Crippen molar-refractivity contribution < 1.29 is 0 Å². The molecule has 0 saturated heterocycles. The number of rotatable bonds is 9. The first-order valence-corrected chi connectivity index (χ1v) is 11.8. The molecule has 1 heterocycles. The number of nitrogens with zero attached hydrogens (tertiary/aromatic N) is 3. The van der Waals surface area contributed by atoms with Crippen molar-refractivity contribution in [3.63, 3.8) is 0 Å². The fourth-order valence-electron chi connectivity index (χ4n) is 4.43. The summed E-state index contributed by atoms with van der Waals surface area (Å²) in [6.45, 7) is 12.3. The third-order valence-corrected chi connectivity index (χ3v) is 6.66. The molecule has 0 aliphatic heterocycles. The van der Waals surface area contributed by atoms with Crippen LogP contribution in [-0.4, -0.2) is 43.2 Å². The van der Waals surface area contributed by atoms with Crippen LogP contribution in [0.15, 0.2) is 59.7 Å². The lowest BCUT2D eigenvalue weighted by molar-refractivity contribution is 0.327. The Hall–Kier alpha value is -2.66. The molecule has 0 radical (unpaired) electrons. The average molecular weight is 434 g/mol. The van der Waals surface area contributed by atoms with Crippen LogP contribution in [0.4, 0.5) is 11.8 Å². The molecule has 1 aromatic heterocycles. The number of para-hydroxylation sites is 1. The van der Waals surface area contributed by atoms with Crippen LogP contribution in [-0.2, 0) is 0 Å². The second kappa shape index (κ2) is 11.3. The highest BCUT2D eigenvalue weighted by Crippen LogP contribution is 2.28. The average Bonchev–Trinajstić information content (AvgIpc) is 2.81. The predicted molar refractivity (Wildman–Crippen MR) is 138 cm³/mol. The van der Waals surface area contributed by atoms with E-state index >= 15 is 0 Å². The molecule has 0 bridgehead atoms. The van der Waals surface area contributed by atoms with Gasteiger partial charge in [0.05, 0.1) is 5.52 Å². The van der Waals surface area contributed by atoms with Crippen molar-refractivity contribution in [2.75, 3.05) is 37.4 Å². The van der Waals surface area contributed by atoms with Gasteiger partial charge >= 0.3 is 0 Å². The maximum atomic E-state index is 4.80. The zero-order valence-electron chi connectivity index (χ0n) is 20.4. The molecule has 5 nitrogen and oxygen atoms in total. The summed E-state index contributed by atoms with van der Waals surface area (Å²) >= 11 is 0. The van der Waals surface area contributed by atoms with Crippen molar-refractivity contribution in [3.8, 4) is 0 Å². The van der Waals surface area contributed by atoms with E-state index in [9.17, 15) is 0 Å². The number of aromatic nitrogens is 2. The first kappa shape index (κ1) is 24.0. The topological polar surface area (TPSA) is 53.1 Å². The van der Waals surface area contributed by atoms with E-state index in [4.69, 9.17) is 9.97 Å². The molecular weight excluding hydrogens is 394 g/mol. The molecule has 2 N–H and O–H groups in total. The molecule has 1 saturated carbocycles. The Balaban J connectivity index is 1.52. The van der Waals surface area contributed by atoms with Crippen LogP contribution >= 0.6 is 0 Å². The lowest BCUT2D eigenvalue weighted by Gasteiger charge is -2.29. The lowest BCUT2D eigenvalue weighted by atomic mass is 9.86. The third kappa shape index (κ3) is 5.98. The van der Waals surface area contributed by atoms with Gasteiger partial charge in [0, 0.05) is 32.1 Å². The van der Waals surface area contributed by atoms with Crippen molar-refractivity contribution in [2.45, 2.75) is 52.5 Å². The molecule has 1 aromatic carbocycles. The molecule has 172 valence electrons. The Labute approximate surface area is 193 Å². The molecular formula is C27H39N5. The number of nitrogens with one attached hydrogen (secondary N) is 2. The molecule has 1 aliphatic rings. The Kier molecular flexibility index (Phi) is 8.46. The second-order valence-electron chi connectivity index (χ2n) is 9.10. The van der Waals surface area contributed by atoms with Crippen LogP contribution in [0, 0.1) is 5.92 Å². The fourth-order valence-corrected chi connectivity index (χ4v) is 4.43. The summed E-state index contributed by atoms with van der Waals surface area (Å²) < 4.78 is 0. The van der Waals surface area contributed by atoms with E-state index in [0.717, 1.165) is 54.5 Å². The fraction of sp³-hybridized carbons (Fsp3) is 0.481. The summed E-state index contributed by atoms with van der Waals surface area (Å²) in [7, 11) is 4.07. The van der Waals surface area contributed by atoms with Gasteiger partial charge in [-0.2, -0.15) is 4.98 Å². The van der Waals surface area contributed by atoms with Gasteiger partial charge in [-0.1, -0.05) is 30.9 Å². The van der Waals surface area contributed by atoms with Gasteiger partial charge in [0.2, 0.25) is 5.95 Å². The van der Waals surface area contributed by atoms with Crippen LogP contribution < -0.4 is 15.5 Å². The zero-order chi connectivity index (χ0) is 23.1. The molecule has 0 amide bonds. The molecule has 1 fully saturated rings. The predicted octanol–water partition coefficient (Wildman–Crippen LogP) is 5.72. The van der Waals surface area contributed by atoms with E-state index in [-0.39, 0.29) is 0 Å². The summed E-state index contributed by atoms with van der Waals surface area (Å²) in [6.07, 6.45) is 8.92. The number of allylic oxidation sites excluding steroid dienone is 3. The first-order chi connectivity index (χ1) is 15.4. The Morgan fingerprint density at radius 1 is 1.12 bits per heavy atom. The highest BCUT2D eigenvalue weighted by atomic mass is 15.2. The molecule has 2 aromatic rings. The van der Waals surface area contributed by atoms with Crippen molar-refractivity contribution >= 4 is 22.7 Å². The van der Waals surface area contributed by atoms with Gasteiger partial charge in [0.25, 0.3) is 0 Å². The third-order valence-electron chi connectivity index (χ3n) is 6.66. The summed E-state index contributed by atoms with van der Waals surface area (Å²) in [5.41, 5.74) is 4.93. The quantitative estimate of drug-likeness (QED) is 0.495. The molecule has 1 aliphatic carbocycles. The second-order valence-corrected chi connectivity index (χ2v) is 9.10. The number of fused-ring (bicyclic) bond motifs is 1. The van der Waals surface area contributed by atoms with E-state index in [0.29, 0.717) is 6.04 Å². The van der Waals surface area contributed by atoms with Gasteiger partial charge in [0.1, 0.15) is 5.82 Å². The lowest BCUT2D eigenvalue weighted by Crippen LogP contribution is -2.32. The van der Waals surface area contributed by atoms with E-state index in [1.54, 1.807) is 0 Å². The largest absolute Gasteiger partial charge is 0.362 e. The molecule has 0 unspecified atom stereocenters. The summed E-state index contributed by atoms with van der Waals surface area (Å²) in [5.74, 6) is 2.43. The SMILES string of the molecule is C=C/C(C)=C(C)\C(=C/C)CNCC1CCC(Nc2nc(N(C)C)c3ccccc3n2)CC1. The van der Waals surface area contributed by atoms with Gasteiger partial charge in [-0.3, -0.25) is 0 Å². The Bertz CT molecular complexity index is 981. The van der Waals surface area contributed by atoms with Crippen LogP contribution in [0.2, 0.25) is 0 Å². The minimum absolute atomic E-state index is 0.439. The van der Waals surface area contributed by atoms with Gasteiger partial charge in [-0.15, -0.1) is 0 Å². The van der Waals surface area contributed by atoms with E-state index in [2.05, 4.69) is 61.1 Å². The summed E-state index contributed by atoms with van der Waals surface area (Å²) in [5, 5.41) is 8.38. The minimum Gasteiger partial charge on any atom is -0.362 e. The monoisotopic (exact) mass is 433 g/mol. The summed E-state index contributed by atoms with van der Waals surface area (Å²) in [4.78, 5) is 11.6. The summed E-state index contributed by atoms with van der Waals surface area (Å²) in [6, 6.07) is 8.66. The highest BCUT2D eigenvalue weighted by Gasteiger charge is 2.22. The number of hydrogen-bond acceptors (Lipinski definition) is 5. The van der Waals surface area contributed by atoms with Crippen LogP contribution in [0.1, 0.15) is 46.5 Å². The molecule has 32 heavy (non-hydrogen) atoms. The van der Waals surface area contributed by atoms with Gasteiger partial charge < -0.3 is 15.5 Å². The van der Waals surface area contributed by atoms with Crippen molar-refractivity contribution in [2.24, 2.45) is 5.92 Å². The van der Waals surface area contributed by atoms with Gasteiger partial charge in [-0.05, 0) is 87.8 Å². The molecule has 0 atom stereocenters. The van der Waals surface area contributed by atoms with Crippen molar-refractivity contribution in [1.29, 1.82) is 0 Å². The molecule has 0 spiro atoms. The highest BCUT2D eigenvalue weighted by molar-refractivity contribution is 5.90. The smallest absolute Gasteiger partial charge is 0.225 e. The maximum absolute atomic E-state index is 4.80. The normalized spacial score (nSPS) is 20.1. The Morgan fingerprint density at radius 2 is 1.84 bits per heavy atom. The first-order valence-electron chi connectivity index (χ1n) is 11.8. The molecule has 3 rings (SSSR count). The van der Waals surface area contributed by atoms with Crippen molar-refractivity contribution in [3.05, 3.63) is 59.7 Å². The van der Waals surface area contributed by atoms with Crippen LogP contribution in [0.5, 0.6) is 0 Å². The van der Waals surface area contributed by atoms with E-state index in [1.807, 2.05) is 32.3 Å². The maximum Gasteiger partial charge on any atom is 0.225 e.